The lowest BCUT2D eigenvalue weighted by Crippen LogP contribution is -2.20. The van der Waals surface area contributed by atoms with Crippen LogP contribution in [0.5, 0.6) is 11.5 Å². The highest BCUT2D eigenvalue weighted by atomic mass is 16.6. The van der Waals surface area contributed by atoms with Crippen LogP contribution in [0.2, 0.25) is 0 Å². The van der Waals surface area contributed by atoms with Crippen LogP contribution in [-0.4, -0.2) is 29.4 Å². The van der Waals surface area contributed by atoms with Crippen molar-refractivity contribution in [2.75, 3.05) is 18.5 Å². The van der Waals surface area contributed by atoms with Crippen molar-refractivity contribution in [3.05, 3.63) is 53.6 Å². The second-order valence-electron chi connectivity index (χ2n) is 6.42. The van der Waals surface area contributed by atoms with Crippen molar-refractivity contribution >= 4 is 11.7 Å². The van der Waals surface area contributed by atoms with Gasteiger partial charge in [0.15, 0.2) is 12.3 Å². The van der Waals surface area contributed by atoms with Crippen molar-refractivity contribution in [1.29, 1.82) is 0 Å². The fourth-order valence-corrected chi connectivity index (χ4v) is 2.51. The summed E-state index contributed by atoms with van der Waals surface area (Å²) in [6.07, 6.45) is 0.940. The van der Waals surface area contributed by atoms with Crippen molar-refractivity contribution in [1.82, 2.24) is 10.3 Å². The van der Waals surface area contributed by atoms with Crippen molar-refractivity contribution in [2.24, 2.45) is 0 Å². The van der Waals surface area contributed by atoms with Gasteiger partial charge in [-0.1, -0.05) is 13.0 Å². The van der Waals surface area contributed by atoms with Gasteiger partial charge in [0.2, 0.25) is 5.82 Å². The first kappa shape index (κ1) is 19.4. The summed E-state index contributed by atoms with van der Waals surface area (Å²) in [5.41, 5.74) is 3.48. The molecule has 0 aliphatic heterocycles. The molecule has 1 aromatic heterocycles. The van der Waals surface area contributed by atoms with Gasteiger partial charge in [-0.05, 0) is 78.1 Å². The Hall–Kier alpha value is -3.35. The van der Waals surface area contributed by atoms with Crippen LogP contribution in [0, 0.1) is 13.8 Å². The molecule has 2 aromatic carbocycles. The van der Waals surface area contributed by atoms with Gasteiger partial charge < -0.3 is 14.8 Å². The zero-order valence-electron chi connectivity index (χ0n) is 16.2. The average molecular weight is 381 g/mol. The second-order valence-corrected chi connectivity index (χ2v) is 6.42. The quantitative estimate of drug-likeness (QED) is 0.630. The van der Waals surface area contributed by atoms with E-state index in [1.165, 1.54) is 5.56 Å². The van der Waals surface area contributed by atoms with E-state index in [2.05, 4.69) is 15.6 Å². The Morgan fingerprint density at radius 2 is 1.75 bits per heavy atom. The third-order valence-corrected chi connectivity index (χ3v) is 4.20. The highest BCUT2D eigenvalue weighted by Gasteiger charge is 2.15. The van der Waals surface area contributed by atoms with Crippen LogP contribution in [0.15, 0.2) is 47.1 Å². The number of benzene rings is 2. The predicted molar refractivity (Wildman–Crippen MR) is 106 cm³/mol. The Morgan fingerprint density at radius 1 is 1.00 bits per heavy atom. The monoisotopic (exact) mass is 381 g/mol. The Labute approximate surface area is 163 Å². The predicted octanol–water partition coefficient (Wildman–Crippen LogP) is 4.16. The first-order valence-electron chi connectivity index (χ1n) is 9.12. The maximum Gasteiger partial charge on any atom is 0.263 e. The molecule has 0 bridgehead atoms. The number of aryl methyl sites for hydroxylation is 2. The van der Waals surface area contributed by atoms with E-state index < -0.39 is 0 Å². The molecule has 0 unspecified atom stereocenters. The maximum atomic E-state index is 12.2. The van der Waals surface area contributed by atoms with Gasteiger partial charge in [0.1, 0.15) is 11.5 Å². The minimum Gasteiger partial charge on any atom is -0.494 e. The largest absolute Gasteiger partial charge is 0.494 e. The number of carbonyl (C=O) groups excluding carboxylic acids is 1. The van der Waals surface area contributed by atoms with E-state index in [4.69, 9.17) is 14.1 Å². The number of aromatic nitrogens is 2. The molecule has 0 radical (unpaired) electrons. The summed E-state index contributed by atoms with van der Waals surface area (Å²) < 4.78 is 15.9. The SMILES string of the molecule is CCCOc1ccc(-c2nonc2NC(=O)COc2ccc(C)c(C)c2)cc1. The van der Waals surface area contributed by atoms with Gasteiger partial charge >= 0.3 is 0 Å². The lowest BCUT2D eigenvalue weighted by atomic mass is 10.1. The summed E-state index contributed by atoms with van der Waals surface area (Å²) in [5, 5.41) is 10.3. The molecule has 0 saturated carbocycles. The molecule has 0 aliphatic carbocycles. The number of nitrogens with zero attached hydrogens (tertiary/aromatic N) is 2. The van der Waals surface area contributed by atoms with Gasteiger partial charge in [0.25, 0.3) is 5.91 Å². The standard InChI is InChI=1S/C21H23N3O4/c1-4-11-26-17-9-6-16(7-10-17)20-21(24-28-23-20)22-19(25)13-27-18-8-5-14(2)15(3)12-18/h5-10,12H,4,11,13H2,1-3H3,(H,22,24,25). The van der Waals surface area contributed by atoms with Crippen LogP contribution < -0.4 is 14.8 Å². The second kappa shape index (κ2) is 9.03. The molecule has 3 aromatic rings. The summed E-state index contributed by atoms with van der Waals surface area (Å²) in [6.45, 7) is 6.58. The number of rotatable bonds is 8. The number of ether oxygens (including phenoxy) is 2. The van der Waals surface area contributed by atoms with Gasteiger partial charge in [0.05, 0.1) is 6.61 Å². The van der Waals surface area contributed by atoms with Crippen LogP contribution in [-0.2, 0) is 4.79 Å². The average Bonchev–Trinajstić information content (AvgIpc) is 3.15. The summed E-state index contributed by atoms with van der Waals surface area (Å²) >= 11 is 0. The Balaban J connectivity index is 1.61. The van der Waals surface area contributed by atoms with Gasteiger partial charge in [-0.25, -0.2) is 4.63 Å². The molecular formula is C21H23N3O4. The molecule has 0 fully saturated rings. The molecule has 1 amide bonds. The topological polar surface area (TPSA) is 86.5 Å². The van der Waals surface area contributed by atoms with Crippen molar-refractivity contribution in [3.63, 3.8) is 0 Å². The smallest absolute Gasteiger partial charge is 0.263 e. The summed E-state index contributed by atoms with van der Waals surface area (Å²) in [4.78, 5) is 12.2. The molecule has 0 saturated heterocycles. The van der Waals surface area contributed by atoms with E-state index in [-0.39, 0.29) is 18.3 Å². The lowest BCUT2D eigenvalue weighted by molar-refractivity contribution is -0.118. The maximum absolute atomic E-state index is 12.2. The summed E-state index contributed by atoms with van der Waals surface area (Å²) in [7, 11) is 0. The first-order chi connectivity index (χ1) is 13.6. The Morgan fingerprint density at radius 3 is 2.46 bits per heavy atom. The molecule has 0 spiro atoms. The highest BCUT2D eigenvalue weighted by Crippen LogP contribution is 2.26. The number of anilines is 1. The molecule has 28 heavy (non-hydrogen) atoms. The van der Waals surface area contributed by atoms with Crippen LogP contribution in [0.4, 0.5) is 5.82 Å². The van der Waals surface area contributed by atoms with Gasteiger partial charge in [0, 0.05) is 5.56 Å². The molecule has 7 heteroatoms. The van der Waals surface area contributed by atoms with Crippen LogP contribution in [0.25, 0.3) is 11.3 Å². The highest BCUT2D eigenvalue weighted by molar-refractivity contribution is 5.94. The fraction of sp³-hybridized carbons (Fsp3) is 0.286. The number of hydrogen-bond acceptors (Lipinski definition) is 6. The van der Waals surface area contributed by atoms with Gasteiger partial charge in [-0.3, -0.25) is 4.79 Å². The number of hydrogen-bond donors (Lipinski definition) is 1. The van der Waals surface area contributed by atoms with E-state index in [0.29, 0.717) is 18.1 Å². The van der Waals surface area contributed by atoms with Crippen LogP contribution in [0.1, 0.15) is 24.5 Å². The molecule has 1 heterocycles. The van der Waals surface area contributed by atoms with Gasteiger partial charge in [-0.15, -0.1) is 0 Å². The first-order valence-corrected chi connectivity index (χ1v) is 9.12. The minimum absolute atomic E-state index is 0.140. The van der Waals surface area contributed by atoms with Crippen LogP contribution in [0.3, 0.4) is 0 Å². The molecule has 1 N–H and O–H groups in total. The minimum atomic E-state index is -0.349. The fourth-order valence-electron chi connectivity index (χ4n) is 2.51. The van der Waals surface area contributed by atoms with Gasteiger partial charge in [-0.2, -0.15) is 0 Å². The molecule has 146 valence electrons. The number of amides is 1. The van der Waals surface area contributed by atoms with Crippen LogP contribution >= 0.6 is 0 Å². The van der Waals surface area contributed by atoms with E-state index in [9.17, 15) is 4.79 Å². The van der Waals surface area contributed by atoms with E-state index in [0.717, 1.165) is 23.3 Å². The zero-order chi connectivity index (χ0) is 19.9. The molecule has 0 atom stereocenters. The summed E-state index contributed by atoms with van der Waals surface area (Å²) in [5.74, 6) is 1.31. The number of nitrogens with one attached hydrogen (secondary N) is 1. The van der Waals surface area contributed by atoms with E-state index in [1.54, 1.807) is 0 Å². The molecular weight excluding hydrogens is 358 g/mol. The molecule has 0 aliphatic rings. The molecule has 7 nitrogen and oxygen atoms in total. The van der Waals surface area contributed by atoms with Crippen molar-refractivity contribution in [3.8, 4) is 22.8 Å². The normalized spacial score (nSPS) is 10.5. The van der Waals surface area contributed by atoms with E-state index >= 15 is 0 Å². The summed E-state index contributed by atoms with van der Waals surface area (Å²) in [6, 6.07) is 13.0. The van der Waals surface area contributed by atoms with Crippen molar-refractivity contribution in [2.45, 2.75) is 27.2 Å². The van der Waals surface area contributed by atoms with E-state index in [1.807, 2.05) is 63.2 Å². The lowest BCUT2D eigenvalue weighted by Gasteiger charge is -2.08. The molecule has 3 rings (SSSR count). The zero-order valence-corrected chi connectivity index (χ0v) is 16.2. The Kier molecular flexibility index (Phi) is 6.26. The van der Waals surface area contributed by atoms with Crippen molar-refractivity contribution < 1.29 is 18.9 Å². The third-order valence-electron chi connectivity index (χ3n) is 4.20. The number of carbonyl (C=O) groups is 1. The third kappa shape index (κ3) is 4.88. The Bertz CT molecular complexity index is 935.